The summed E-state index contributed by atoms with van der Waals surface area (Å²) in [5.41, 5.74) is 5.40. The first-order chi connectivity index (χ1) is 7.65. The molecular formula is C10H16FN5. The lowest BCUT2D eigenvalue weighted by Gasteiger charge is -2.12. The highest BCUT2D eigenvalue weighted by Crippen LogP contribution is 2.16. The summed E-state index contributed by atoms with van der Waals surface area (Å²) in [6, 6.07) is 0. The molecule has 1 saturated heterocycles. The Hall–Kier alpha value is -1.43. The maximum atomic E-state index is 13.3. The van der Waals surface area contributed by atoms with Crippen LogP contribution in [0.5, 0.6) is 0 Å². The van der Waals surface area contributed by atoms with Crippen LogP contribution in [0.1, 0.15) is 6.42 Å². The predicted octanol–water partition coefficient (Wildman–Crippen LogP) is 0.562. The zero-order chi connectivity index (χ0) is 11.5. The standard InChI is InChI=1S/C10H16FN5/c1-16-3-2-7(6-16)4-13-9-8(11)5-14-10(12)15-9/h5,7H,2-4,6H2,1H3,(H3,12,13,14,15). The summed E-state index contributed by atoms with van der Waals surface area (Å²) in [7, 11) is 2.09. The third-order valence-corrected chi connectivity index (χ3v) is 2.81. The van der Waals surface area contributed by atoms with Crippen molar-refractivity contribution in [2.24, 2.45) is 5.92 Å². The molecule has 1 fully saturated rings. The van der Waals surface area contributed by atoms with Gasteiger partial charge in [0.05, 0.1) is 6.20 Å². The summed E-state index contributed by atoms with van der Waals surface area (Å²) in [5.74, 6) is 0.371. The van der Waals surface area contributed by atoms with Gasteiger partial charge in [-0.1, -0.05) is 0 Å². The highest BCUT2D eigenvalue weighted by molar-refractivity contribution is 5.39. The fourth-order valence-corrected chi connectivity index (χ4v) is 1.94. The largest absolute Gasteiger partial charge is 0.368 e. The van der Waals surface area contributed by atoms with Crippen LogP contribution in [0, 0.1) is 11.7 Å². The number of likely N-dealkylation sites (tertiary alicyclic amines) is 1. The van der Waals surface area contributed by atoms with Gasteiger partial charge in [0.25, 0.3) is 0 Å². The second-order valence-corrected chi connectivity index (χ2v) is 4.22. The van der Waals surface area contributed by atoms with Crippen molar-refractivity contribution in [1.82, 2.24) is 14.9 Å². The number of aromatic nitrogens is 2. The molecule has 0 saturated carbocycles. The molecule has 2 heterocycles. The Balaban J connectivity index is 1.91. The van der Waals surface area contributed by atoms with Crippen LogP contribution in [0.25, 0.3) is 0 Å². The topological polar surface area (TPSA) is 67.1 Å². The molecule has 1 aliphatic heterocycles. The maximum absolute atomic E-state index is 13.3. The monoisotopic (exact) mass is 225 g/mol. The van der Waals surface area contributed by atoms with E-state index in [1.165, 1.54) is 0 Å². The number of nitrogens with one attached hydrogen (secondary N) is 1. The first-order valence-corrected chi connectivity index (χ1v) is 5.35. The van der Waals surface area contributed by atoms with E-state index in [2.05, 4.69) is 27.2 Å². The number of nitrogens with two attached hydrogens (primary N) is 1. The molecule has 1 aliphatic rings. The number of hydrogen-bond acceptors (Lipinski definition) is 5. The maximum Gasteiger partial charge on any atom is 0.222 e. The fourth-order valence-electron chi connectivity index (χ4n) is 1.94. The van der Waals surface area contributed by atoms with Gasteiger partial charge in [0.15, 0.2) is 11.6 Å². The molecule has 1 atom stereocenters. The van der Waals surface area contributed by atoms with Gasteiger partial charge in [-0.2, -0.15) is 4.98 Å². The minimum atomic E-state index is -0.458. The number of hydrogen-bond donors (Lipinski definition) is 2. The van der Waals surface area contributed by atoms with Gasteiger partial charge >= 0.3 is 0 Å². The minimum Gasteiger partial charge on any atom is -0.368 e. The number of nitrogen functional groups attached to an aromatic ring is 1. The van der Waals surface area contributed by atoms with Gasteiger partial charge in [0, 0.05) is 13.1 Å². The Labute approximate surface area is 93.9 Å². The van der Waals surface area contributed by atoms with Gasteiger partial charge in [-0.15, -0.1) is 0 Å². The van der Waals surface area contributed by atoms with Gasteiger partial charge < -0.3 is 16.0 Å². The second-order valence-electron chi connectivity index (χ2n) is 4.22. The van der Waals surface area contributed by atoms with Crippen molar-refractivity contribution < 1.29 is 4.39 Å². The lowest BCUT2D eigenvalue weighted by atomic mass is 10.1. The third kappa shape index (κ3) is 2.57. The molecule has 1 aromatic heterocycles. The molecule has 0 bridgehead atoms. The summed E-state index contributed by atoms with van der Waals surface area (Å²) in [4.78, 5) is 9.66. The average Bonchev–Trinajstić information content (AvgIpc) is 2.66. The van der Waals surface area contributed by atoms with Crippen LogP contribution in [0.15, 0.2) is 6.20 Å². The minimum absolute atomic E-state index is 0.0902. The van der Waals surface area contributed by atoms with E-state index >= 15 is 0 Å². The van der Waals surface area contributed by atoms with Crippen LogP contribution in [-0.4, -0.2) is 41.5 Å². The highest BCUT2D eigenvalue weighted by atomic mass is 19.1. The summed E-state index contributed by atoms with van der Waals surface area (Å²) in [6.07, 6.45) is 2.22. The fraction of sp³-hybridized carbons (Fsp3) is 0.600. The van der Waals surface area contributed by atoms with E-state index in [0.29, 0.717) is 5.92 Å². The number of rotatable bonds is 3. The first kappa shape index (κ1) is 11.1. The van der Waals surface area contributed by atoms with Crippen molar-refractivity contribution in [1.29, 1.82) is 0 Å². The molecule has 0 spiro atoms. The number of anilines is 2. The molecule has 88 valence electrons. The molecule has 1 aromatic rings. The molecule has 0 aromatic carbocycles. The molecule has 6 heteroatoms. The smallest absolute Gasteiger partial charge is 0.222 e. The van der Waals surface area contributed by atoms with Crippen molar-refractivity contribution in [2.45, 2.75) is 6.42 Å². The number of halogens is 1. The lowest BCUT2D eigenvalue weighted by Crippen LogP contribution is -2.20. The Morgan fingerprint density at radius 2 is 2.50 bits per heavy atom. The van der Waals surface area contributed by atoms with Crippen LogP contribution >= 0.6 is 0 Å². The zero-order valence-corrected chi connectivity index (χ0v) is 9.28. The van der Waals surface area contributed by atoms with E-state index in [4.69, 9.17) is 5.73 Å². The van der Waals surface area contributed by atoms with E-state index < -0.39 is 5.82 Å². The lowest BCUT2D eigenvalue weighted by molar-refractivity contribution is 0.399. The van der Waals surface area contributed by atoms with Crippen molar-refractivity contribution in [3.05, 3.63) is 12.0 Å². The van der Waals surface area contributed by atoms with Gasteiger partial charge in [-0.05, 0) is 25.9 Å². The summed E-state index contributed by atoms with van der Waals surface area (Å²) >= 11 is 0. The Morgan fingerprint density at radius 3 is 3.19 bits per heavy atom. The number of nitrogens with zero attached hydrogens (tertiary/aromatic N) is 3. The molecule has 16 heavy (non-hydrogen) atoms. The van der Waals surface area contributed by atoms with E-state index in [0.717, 1.165) is 32.3 Å². The molecule has 3 N–H and O–H groups in total. The van der Waals surface area contributed by atoms with E-state index in [-0.39, 0.29) is 11.8 Å². The molecule has 0 amide bonds. The quantitative estimate of drug-likeness (QED) is 0.787. The van der Waals surface area contributed by atoms with Crippen molar-refractivity contribution in [3.8, 4) is 0 Å². The summed E-state index contributed by atoms with van der Waals surface area (Å²) in [6.45, 7) is 2.85. The van der Waals surface area contributed by atoms with Gasteiger partial charge in [-0.25, -0.2) is 9.37 Å². The normalized spacial score (nSPS) is 21.2. The molecular weight excluding hydrogens is 209 g/mol. The van der Waals surface area contributed by atoms with Crippen LogP contribution in [0.2, 0.25) is 0 Å². The first-order valence-electron chi connectivity index (χ1n) is 5.35. The summed E-state index contributed by atoms with van der Waals surface area (Å²) < 4.78 is 13.3. The molecule has 0 radical (unpaired) electrons. The van der Waals surface area contributed by atoms with Crippen LogP contribution < -0.4 is 11.1 Å². The second kappa shape index (κ2) is 4.61. The molecule has 0 aliphatic carbocycles. The summed E-state index contributed by atoms with van der Waals surface area (Å²) in [5, 5.41) is 2.98. The van der Waals surface area contributed by atoms with Crippen molar-refractivity contribution in [2.75, 3.05) is 37.7 Å². The van der Waals surface area contributed by atoms with Gasteiger partial charge in [0.2, 0.25) is 5.95 Å². The van der Waals surface area contributed by atoms with Gasteiger partial charge in [-0.3, -0.25) is 0 Å². The van der Waals surface area contributed by atoms with Crippen LogP contribution in [-0.2, 0) is 0 Å². The predicted molar refractivity (Wildman–Crippen MR) is 60.5 cm³/mol. The Kier molecular flexibility index (Phi) is 3.19. The molecule has 1 unspecified atom stereocenters. The van der Waals surface area contributed by atoms with Crippen LogP contribution in [0.4, 0.5) is 16.2 Å². The SMILES string of the molecule is CN1CCC(CNc2nc(N)ncc2F)C1. The highest BCUT2D eigenvalue weighted by Gasteiger charge is 2.19. The van der Waals surface area contributed by atoms with E-state index in [1.807, 2.05) is 0 Å². The van der Waals surface area contributed by atoms with Crippen molar-refractivity contribution in [3.63, 3.8) is 0 Å². The molecule has 2 rings (SSSR count). The van der Waals surface area contributed by atoms with Crippen molar-refractivity contribution >= 4 is 11.8 Å². The Bertz CT molecular complexity index is 370. The van der Waals surface area contributed by atoms with E-state index in [9.17, 15) is 4.39 Å². The zero-order valence-electron chi connectivity index (χ0n) is 9.28. The van der Waals surface area contributed by atoms with Gasteiger partial charge in [0.1, 0.15) is 0 Å². The average molecular weight is 225 g/mol. The van der Waals surface area contributed by atoms with Crippen LogP contribution in [0.3, 0.4) is 0 Å². The van der Waals surface area contributed by atoms with E-state index in [1.54, 1.807) is 0 Å². The molecule has 5 nitrogen and oxygen atoms in total. The third-order valence-electron chi connectivity index (χ3n) is 2.81. The Morgan fingerprint density at radius 1 is 1.69 bits per heavy atom.